The van der Waals surface area contributed by atoms with Crippen molar-refractivity contribution in [2.45, 2.75) is 37.3 Å². The third-order valence-electron chi connectivity index (χ3n) is 4.69. The molecule has 2 fully saturated rings. The van der Waals surface area contributed by atoms with Gasteiger partial charge in [0.2, 0.25) is 0 Å². The number of anilines is 1. The molecule has 2 heterocycles. The molecule has 0 bridgehead atoms. The molecule has 1 aliphatic heterocycles. The highest BCUT2D eigenvalue weighted by atomic mass is 19.1. The SMILES string of the molecule is O=C(Nc1ccc(F)c(C2CC2)c1)N[C@H]1CCO[C@@H]1c1cccnc1. The van der Waals surface area contributed by atoms with Crippen LogP contribution < -0.4 is 10.6 Å². The van der Waals surface area contributed by atoms with Crippen molar-refractivity contribution in [1.82, 2.24) is 10.3 Å². The molecule has 2 aliphatic rings. The maximum atomic E-state index is 13.8. The minimum Gasteiger partial charge on any atom is -0.371 e. The van der Waals surface area contributed by atoms with Crippen LogP contribution in [0.3, 0.4) is 0 Å². The largest absolute Gasteiger partial charge is 0.371 e. The van der Waals surface area contributed by atoms with Crippen LogP contribution in [0.5, 0.6) is 0 Å². The van der Waals surface area contributed by atoms with Crippen LogP contribution in [-0.4, -0.2) is 23.7 Å². The van der Waals surface area contributed by atoms with Gasteiger partial charge in [0.1, 0.15) is 11.9 Å². The zero-order valence-corrected chi connectivity index (χ0v) is 13.7. The van der Waals surface area contributed by atoms with Crippen molar-refractivity contribution in [3.63, 3.8) is 0 Å². The second kappa shape index (κ2) is 6.80. The van der Waals surface area contributed by atoms with E-state index in [1.54, 1.807) is 24.5 Å². The van der Waals surface area contributed by atoms with Gasteiger partial charge in [0, 0.05) is 30.3 Å². The quantitative estimate of drug-likeness (QED) is 0.890. The first-order valence-corrected chi connectivity index (χ1v) is 8.59. The van der Waals surface area contributed by atoms with E-state index in [0.29, 0.717) is 23.8 Å². The lowest BCUT2D eigenvalue weighted by Gasteiger charge is -2.20. The lowest BCUT2D eigenvalue weighted by atomic mass is 10.0. The standard InChI is InChI=1S/C19H20FN3O2/c20-16-6-5-14(10-15(16)12-3-4-12)22-19(24)23-17-7-9-25-18(17)13-2-1-8-21-11-13/h1-2,5-6,8,10-12,17-18H,3-4,7,9H2,(H2,22,23,24)/t17-,18+/m0/s1. The van der Waals surface area contributed by atoms with E-state index in [0.717, 1.165) is 24.8 Å². The van der Waals surface area contributed by atoms with Gasteiger partial charge in [0.15, 0.2) is 0 Å². The molecule has 130 valence electrons. The van der Waals surface area contributed by atoms with Crippen molar-refractivity contribution in [3.8, 4) is 0 Å². The highest BCUT2D eigenvalue weighted by molar-refractivity contribution is 5.89. The van der Waals surface area contributed by atoms with Crippen LogP contribution >= 0.6 is 0 Å². The van der Waals surface area contributed by atoms with E-state index in [-0.39, 0.29) is 24.0 Å². The van der Waals surface area contributed by atoms with Crippen molar-refractivity contribution in [3.05, 3.63) is 59.7 Å². The van der Waals surface area contributed by atoms with E-state index in [1.807, 2.05) is 12.1 Å². The maximum absolute atomic E-state index is 13.8. The molecule has 5 nitrogen and oxygen atoms in total. The molecule has 1 saturated carbocycles. The number of rotatable bonds is 4. The first-order valence-electron chi connectivity index (χ1n) is 8.59. The number of pyridine rings is 1. The fourth-order valence-corrected chi connectivity index (χ4v) is 3.27. The third kappa shape index (κ3) is 3.64. The van der Waals surface area contributed by atoms with Crippen LogP contribution in [-0.2, 0) is 4.74 Å². The van der Waals surface area contributed by atoms with Gasteiger partial charge >= 0.3 is 6.03 Å². The molecule has 0 radical (unpaired) electrons. The van der Waals surface area contributed by atoms with Crippen LogP contribution in [0.1, 0.15) is 42.4 Å². The van der Waals surface area contributed by atoms with Gasteiger partial charge < -0.3 is 15.4 Å². The van der Waals surface area contributed by atoms with E-state index >= 15 is 0 Å². The molecule has 2 amide bonds. The number of hydrogen-bond donors (Lipinski definition) is 2. The Hall–Kier alpha value is -2.47. The van der Waals surface area contributed by atoms with Crippen LogP contribution in [0, 0.1) is 5.82 Å². The monoisotopic (exact) mass is 341 g/mol. The van der Waals surface area contributed by atoms with E-state index in [2.05, 4.69) is 15.6 Å². The molecule has 1 aliphatic carbocycles. The summed E-state index contributed by atoms with van der Waals surface area (Å²) in [6, 6.07) is 8.11. The zero-order chi connectivity index (χ0) is 17.2. The van der Waals surface area contributed by atoms with Crippen LogP contribution in [0.15, 0.2) is 42.7 Å². The molecule has 25 heavy (non-hydrogen) atoms. The Kier molecular flexibility index (Phi) is 4.36. The fourth-order valence-electron chi connectivity index (χ4n) is 3.27. The minimum atomic E-state index is -0.308. The fraction of sp³-hybridized carbons (Fsp3) is 0.368. The summed E-state index contributed by atoms with van der Waals surface area (Å²) in [5, 5.41) is 5.76. The molecule has 2 N–H and O–H groups in total. The van der Waals surface area contributed by atoms with Gasteiger partial charge in [0.05, 0.1) is 6.04 Å². The molecule has 1 aromatic carbocycles. The number of nitrogens with one attached hydrogen (secondary N) is 2. The molecule has 0 spiro atoms. The Morgan fingerprint density at radius 2 is 2.12 bits per heavy atom. The van der Waals surface area contributed by atoms with Crippen molar-refractivity contribution < 1.29 is 13.9 Å². The van der Waals surface area contributed by atoms with Crippen LogP contribution in [0.4, 0.5) is 14.9 Å². The summed E-state index contributed by atoms with van der Waals surface area (Å²) in [5.74, 6) is 0.0947. The zero-order valence-electron chi connectivity index (χ0n) is 13.7. The normalized spacial score (nSPS) is 22.6. The summed E-state index contributed by atoms with van der Waals surface area (Å²) in [6.07, 6.45) is 6.03. The predicted molar refractivity (Wildman–Crippen MR) is 91.9 cm³/mol. The topological polar surface area (TPSA) is 63.2 Å². The van der Waals surface area contributed by atoms with E-state index in [4.69, 9.17) is 4.74 Å². The molecule has 0 unspecified atom stereocenters. The Morgan fingerprint density at radius 1 is 1.24 bits per heavy atom. The first-order chi connectivity index (χ1) is 12.2. The number of halogens is 1. The summed E-state index contributed by atoms with van der Waals surface area (Å²) in [6.45, 7) is 0.590. The molecule has 6 heteroatoms. The van der Waals surface area contributed by atoms with Crippen molar-refractivity contribution in [2.24, 2.45) is 0 Å². The van der Waals surface area contributed by atoms with Gasteiger partial charge in [-0.05, 0) is 55.0 Å². The Morgan fingerprint density at radius 3 is 2.88 bits per heavy atom. The van der Waals surface area contributed by atoms with Crippen molar-refractivity contribution in [2.75, 3.05) is 11.9 Å². The molecular weight excluding hydrogens is 321 g/mol. The lowest BCUT2D eigenvalue weighted by molar-refractivity contribution is 0.100. The van der Waals surface area contributed by atoms with Gasteiger partial charge in [-0.1, -0.05) is 6.07 Å². The highest BCUT2D eigenvalue weighted by Gasteiger charge is 2.31. The first kappa shape index (κ1) is 16.0. The average molecular weight is 341 g/mol. The molecule has 2 aromatic rings. The Labute approximate surface area is 145 Å². The van der Waals surface area contributed by atoms with E-state index in [1.165, 1.54) is 6.07 Å². The second-order valence-electron chi connectivity index (χ2n) is 6.58. The Bertz CT molecular complexity index is 765. The summed E-state index contributed by atoms with van der Waals surface area (Å²) in [4.78, 5) is 16.4. The number of urea groups is 1. The minimum absolute atomic E-state index is 0.118. The number of carbonyl (C=O) groups excluding carboxylic acids is 1. The number of benzene rings is 1. The lowest BCUT2D eigenvalue weighted by Crippen LogP contribution is -2.39. The second-order valence-corrected chi connectivity index (χ2v) is 6.58. The predicted octanol–water partition coefficient (Wildman–Crippen LogP) is 3.75. The van der Waals surface area contributed by atoms with Gasteiger partial charge in [-0.3, -0.25) is 4.98 Å². The molecule has 4 rings (SSSR count). The van der Waals surface area contributed by atoms with Crippen molar-refractivity contribution >= 4 is 11.7 Å². The molecular formula is C19H20FN3O2. The van der Waals surface area contributed by atoms with Crippen LogP contribution in [0.2, 0.25) is 0 Å². The number of carbonyl (C=O) groups is 1. The molecule has 1 saturated heterocycles. The van der Waals surface area contributed by atoms with E-state index in [9.17, 15) is 9.18 Å². The summed E-state index contributed by atoms with van der Waals surface area (Å²) >= 11 is 0. The number of hydrogen-bond acceptors (Lipinski definition) is 3. The third-order valence-corrected chi connectivity index (χ3v) is 4.69. The smallest absolute Gasteiger partial charge is 0.319 e. The highest BCUT2D eigenvalue weighted by Crippen LogP contribution is 2.42. The van der Waals surface area contributed by atoms with E-state index < -0.39 is 0 Å². The molecule has 2 atom stereocenters. The number of aromatic nitrogens is 1. The van der Waals surface area contributed by atoms with Crippen LogP contribution in [0.25, 0.3) is 0 Å². The maximum Gasteiger partial charge on any atom is 0.319 e. The van der Waals surface area contributed by atoms with Gasteiger partial charge in [-0.25, -0.2) is 9.18 Å². The summed E-state index contributed by atoms with van der Waals surface area (Å²) < 4.78 is 19.6. The molecule has 1 aromatic heterocycles. The van der Waals surface area contributed by atoms with Gasteiger partial charge in [-0.2, -0.15) is 0 Å². The van der Waals surface area contributed by atoms with Crippen molar-refractivity contribution in [1.29, 1.82) is 0 Å². The average Bonchev–Trinajstić information content (AvgIpc) is 3.36. The Balaban J connectivity index is 1.41. The number of amides is 2. The van der Waals surface area contributed by atoms with Gasteiger partial charge in [0.25, 0.3) is 0 Å². The number of nitrogens with zero attached hydrogens (tertiary/aromatic N) is 1. The van der Waals surface area contributed by atoms with Gasteiger partial charge in [-0.15, -0.1) is 0 Å². The summed E-state index contributed by atoms with van der Waals surface area (Å²) in [7, 11) is 0. The number of ether oxygens (including phenoxy) is 1. The summed E-state index contributed by atoms with van der Waals surface area (Å²) in [5.41, 5.74) is 2.25.